The lowest BCUT2D eigenvalue weighted by atomic mass is 10.0. The second kappa shape index (κ2) is 6.90. The van der Waals surface area contributed by atoms with E-state index in [1.807, 2.05) is 30.3 Å². The average molecular weight is 303 g/mol. The molecule has 0 aliphatic heterocycles. The summed E-state index contributed by atoms with van der Waals surface area (Å²) in [4.78, 5) is 15.9. The molecule has 0 heterocycles. The number of methoxy groups -OCH3 is 1. The lowest BCUT2D eigenvalue weighted by Gasteiger charge is -2.08. The third-order valence-electron chi connectivity index (χ3n) is 2.90. The van der Waals surface area contributed by atoms with Crippen molar-refractivity contribution in [1.29, 1.82) is 0 Å². The van der Waals surface area contributed by atoms with Gasteiger partial charge in [0, 0.05) is 5.56 Å². The summed E-state index contributed by atoms with van der Waals surface area (Å²) in [6.45, 7) is 0. The molecule has 0 amide bonds. The smallest absolute Gasteiger partial charge is 0.337 e. The van der Waals surface area contributed by atoms with Gasteiger partial charge in [0.05, 0.1) is 24.2 Å². The molecule has 0 spiro atoms. The highest BCUT2D eigenvalue weighted by atomic mass is 35.5. The van der Waals surface area contributed by atoms with E-state index in [4.69, 9.17) is 22.1 Å². The predicted octanol–water partition coefficient (Wildman–Crippen LogP) is 3.37. The minimum absolute atomic E-state index is 0.163. The summed E-state index contributed by atoms with van der Waals surface area (Å²) >= 11 is 5.67. The predicted molar refractivity (Wildman–Crippen MR) is 85.2 cm³/mol. The molecule has 0 aliphatic rings. The largest absolute Gasteiger partial charge is 0.465 e. The van der Waals surface area contributed by atoms with Crippen LogP contribution in [0.15, 0.2) is 53.5 Å². The van der Waals surface area contributed by atoms with Gasteiger partial charge in [-0.3, -0.25) is 0 Å². The topological polar surface area (TPSA) is 64.7 Å². The monoisotopic (exact) mass is 302 g/mol. The molecule has 0 fully saturated rings. The lowest BCUT2D eigenvalue weighted by Crippen LogP contribution is -2.12. The van der Waals surface area contributed by atoms with Gasteiger partial charge in [0.15, 0.2) is 0 Å². The number of nitrogens with zero attached hydrogens (tertiary/aromatic N) is 1. The van der Waals surface area contributed by atoms with E-state index in [9.17, 15) is 4.79 Å². The molecule has 2 aromatic carbocycles. The number of para-hydroxylation sites is 1. The molecule has 0 bridgehead atoms. The van der Waals surface area contributed by atoms with Gasteiger partial charge in [-0.25, -0.2) is 9.79 Å². The van der Waals surface area contributed by atoms with E-state index in [-0.39, 0.29) is 11.8 Å². The minimum Gasteiger partial charge on any atom is -0.465 e. The number of halogens is 1. The van der Waals surface area contributed by atoms with E-state index in [2.05, 4.69) is 4.99 Å². The summed E-state index contributed by atoms with van der Waals surface area (Å²) in [7, 11) is 1.36. The number of hydrogen-bond acceptors (Lipinski definition) is 3. The normalized spacial score (nSPS) is 11.2. The zero-order chi connectivity index (χ0) is 15.2. The first-order chi connectivity index (χ1) is 10.2. The third kappa shape index (κ3) is 3.61. The summed E-state index contributed by atoms with van der Waals surface area (Å²) in [6.07, 6.45) is 0. The van der Waals surface area contributed by atoms with Crippen molar-refractivity contribution in [1.82, 2.24) is 0 Å². The van der Waals surface area contributed by atoms with Crippen LogP contribution >= 0.6 is 11.6 Å². The zero-order valence-electron chi connectivity index (χ0n) is 11.5. The third-order valence-corrected chi connectivity index (χ3v) is 3.17. The Kier molecular flexibility index (Phi) is 4.95. The molecular formula is C16H15ClN2O2. The number of nitrogens with two attached hydrogens (primary N) is 1. The van der Waals surface area contributed by atoms with Crippen LogP contribution in [0.1, 0.15) is 10.4 Å². The quantitative estimate of drug-likeness (QED) is 0.407. The zero-order valence-corrected chi connectivity index (χ0v) is 12.3. The van der Waals surface area contributed by atoms with Gasteiger partial charge in [0.1, 0.15) is 5.84 Å². The maximum Gasteiger partial charge on any atom is 0.337 e. The summed E-state index contributed by atoms with van der Waals surface area (Å²) in [5, 5.41) is 0. The number of carbonyl (C=O) groups excluding carboxylic acids is 1. The molecule has 2 rings (SSSR count). The van der Waals surface area contributed by atoms with Crippen LogP contribution in [-0.4, -0.2) is 24.8 Å². The lowest BCUT2D eigenvalue weighted by molar-refractivity contribution is 0.0601. The molecule has 0 saturated carbocycles. The molecule has 4 nitrogen and oxygen atoms in total. The number of carbonyl (C=O) groups is 1. The highest BCUT2D eigenvalue weighted by molar-refractivity contribution is 6.28. The summed E-state index contributed by atoms with van der Waals surface area (Å²) < 4.78 is 4.74. The van der Waals surface area contributed by atoms with Crippen molar-refractivity contribution in [2.45, 2.75) is 0 Å². The first-order valence-electron chi connectivity index (χ1n) is 6.32. The first-order valence-corrected chi connectivity index (χ1v) is 6.86. The van der Waals surface area contributed by atoms with E-state index in [1.54, 1.807) is 18.2 Å². The van der Waals surface area contributed by atoms with Gasteiger partial charge in [-0.2, -0.15) is 0 Å². The molecule has 0 radical (unpaired) electrons. The fourth-order valence-electron chi connectivity index (χ4n) is 1.93. The molecule has 108 valence electrons. The number of benzene rings is 2. The van der Waals surface area contributed by atoms with Crippen molar-refractivity contribution < 1.29 is 9.53 Å². The fraction of sp³-hybridized carbons (Fsp3) is 0.125. The Morgan fingerprint density at radius 3 is 2.71 bits per heavy atom. The van der Waals surface area contributed by atoms with Crippen molar-refractivity contribution >= 4 is 29.1 Å². The Bertz CT molecular complexity index is 683. The van der Waals surface area contributed by atoms with Crippen molar-refractivity contribution in [3.63, 3.8) is 0 Å². The van der Waals surface area contributed by atoms with Crippen LogP contribution in [-0.2, 0) is 4.74 Å². The van der Waals surface area contributed by atoms with Crippen LogP contribution in [0.25, 0.3) is 11.1 Å². The van der Waals surface area contributed by atoms with Gasteiger partial charge >= 0.3 is 5.97 Å². The Labute approximate surface area is 128 Å². The van der Waals surface area contributed by atoms with Crippen LogP contribution in [0, 0.1) is 0 Å². The molecule has 0 unspecified atom stereocenters. The van der Waals surface area contributed by atoms with Crippen molar-refractivity contribution in [2.75, 3.05) is 13.0 Å². The number of hydrogen-bond donors (Lipinski definition) is 1. The molecular weight excluding hydrogens is 288 g/mol. The molecule has 2 N–H and O–H groups in total. The second-order valence-electron chi connectivity index (χ2n) is 4.33. The van der Waals surface area contributed by atoms with E-state index >= 15 is 0 Å². The number of alkyl halides is 1. The minimum atomic E-state index is -0.377. The molecule has 0 aromatic heterocycles. The van der Waals surface area contributed by atoms with E-state index < -0.39 is 0 Å². The van der Waals surface area contributed by atoms with Gasteiger partial charge in [0.2, 0.25) is 0 Å². The average Bonchev–Trinajstić information content (AvgIpc) is 2.54. The Balaban J connectivity index is 2.50. The molecule has 0 saturated heterocycles. The van der Waals surface area contributed by atoms with Crippen LogP contribution in [0.3, 0.4) is 0 Å². The fourth-order valence-corrected chi connectivity index (χ4v) is 1.99. The molecule has 0 aliphatic carbocycles. The van der Waals surface area contributed by atoms with E-state index in [1.165, 1.54) is 7.11 Å². The van der Waals surface area contributed by atoms with Crippen LogP contribution in [0.2, 0.25) is 0 Å². The maximum absolute atomic E-state index is 11.6. The number of rotatable bonds is 4. The first kappa shape index (κ1) is 15.1. The SMILES string of the molecule is COC(=O)c1cccc(-c2ccccc2N=C(N)CCl)c1. The van der Waals surface area contributed by atoms with E-state index in [0.717, 1.165) is 11.1 Å². The van der Waals surface area contributed by atoms with Gasteiger partial charge in [-0.15, -0.1) is 11.6 Å². The summed E-state index contributed by atoms with van der Waals surface area (Å²) in [5.41, 5.74) is 8.62. The Hall–Kier alpha value is -2.33. The summed E-state index contributed by atoms with van der Waals surface area (Å²) in [5.74, 6) is 0.127. The number of ether oxygens (including phenoxy) is 1. The maximum atomic E-state index is 11.6. The highest BCUT2D eigenvalue weighted by Crippen LogP contribution is 2.30. The van der Waals surface area contributed by atoms with Crippen molar-refractivity contribution in [2.24, 2.45) is 10.7 Å². The number of esters is 1. The van der Waals surface area contributed by atoms with Gasteiger partial charge in [-0.05, 0) is 23.8 Å². The van der Waals surface area contributed by atoms with Crippen molar-refractivity contribution in [3.8, 4) is 11.1 Å². The Morgan fingerprint density at radius 1 is 1.24 bits per heavy atom. The van der Waals surface area contributed by atoms with E-state index in [0.29, 0.717) is 17.1 Å². The molecule has 2 aromatic rings. The van der Waals surface area contributed by atoms with Crippen LogP contribution in [0.4, 0.5) is 5.69 Å². The van der Waals surface area contributed by atoms with Crippen LogP contribution < -0.4 is 5.73 Å². The highest BCUT2D eigenvalue weighted by Gasteiger charge is 2.09. The van der Waals surface area contributed by atoms with Gasteiger partial charge in [0.25, 0.3) is 0 Å². The molecule has 5 heteroatoms. The number of aliphatic imine (C=N–C) groups is 1. The van der Waals surface area contributed by atoms with Gasteiger partial charge in [-0.1, -0.05) is 30.3 Å². The van der Waals surface area contributed by atoms with Crippen LogP contribution in [0.5, 0.6) is 0 Å². The molecule has 21 heavy (non-hydrogen) atoms. The van der Waals surface area contributed by atoms with Crippen molar-refractivity contribution in [3.05, 3.63) is 54.1 Å². The summed E-state index contributed by atoms with van der Waals surface area (Å²) in [6, 6.07) is 14.7. The Morgan fingerprint density at radius 2 is 2.00 bits per heavy atom. The van der Waals surface area contributed by atoms with Gasteiger partial charge < -0.3 is 10.5 Å². The number of amidine groups is 1. The standard InChI is InChI=1S/C16H15ClN2O2/c1-21-16(20)12-6-4-5-11(9-12)13-7-2-3-8-14(13)19-15(18)10-17/h2-9H,10H2,1H3,(H2,18,19). The molecule has 0 atom stereocenters. The second-order valence-corrected chi connectivity index (χ2v) is 4.59.